The molecule has 0 N–H and O–H groups in total. The van der Waals surface area contributed by atoms with E-state index in [2.05, 4.69) is 42.6 Å². The molecule has 0 spiro atoms. The summed E-state index contributed by atoms with van der Waals surface area (Å²) in [5.41, 5.74) is 3.65. The number of pyridine rings is 1. The standard InChI is InChI=1S/C11H14N2/c1-8(2)11-7-9-10(13(11)3)5-4-6-12-9/h4-8H,1-3H3. The number of aryl methyl sites for hydroxylation is 1. The van der Waals surface area contributed by atoms with Crippen molar-refractivity contribution in [3.05, 3.63) is 30.1 Å². The van der Waals surface area contributed by atoms with Crippen LogP contribution in [0.4, 0.5) is 0 Å². The van der Waals surface area contributed by atoms with Gasteiger partial charge in [0.05, 0.1) is 11.0 Å². The fourth-order valence-electron chi connectivity index (χ4n) is 1.73. The van der Waals surface area contributed by atoms with Crippen LogP contribution < -0.4 is 0 Å². The van der Waals surface area contributed by atoms with Crippen molar-refractivity contribution >= 4 is 11.0 Å². The maximum absolute atomic E-state index is 4.32. The fourth-order valence-corrected chi connectivity index (χ4v) is 1.73. The van der Waals surface area contributed by atoms with E-state index in [4.69, 9.17) is 0 Å². The smallest absolute Gasteiger partial charge is 0.0883 e. The first kappa shape index (κ1) is 8.30. The number of rotatable bonds is 1. The third-order valence-corrected chi connectivity index (χ3v) is 2.44. The minimum Gasteiger partial charge on any atom is -0.346 e. The second-order valence-electron chi connectivity index (χ2n) is 3.69. The van der Waals surface area contributed by atoms with Crippen molar-refractivity contribution in [1.29, 1.82) is 0 Å². The average molecular weight is 174 g/mol. The van der Waals surface area contributed by atoms with Crippen molar-refractivity contribution in [2.24, 2.45) is 7.05 Å². The van der Waals surface area contributed by atoms with Crippen molar-refractivity contribution in [3.63, 3.8) is 0 Å². The Labute approximate surface area is 78.2 Å². The van der Waals surface area contributed by atoms with Crippen LogP contribution in [0.15, 0.2) is 24.4 Å². The molecule has 2 aromatic heterocycles. The maximum Gasteiger partial charge on any atom is 0.0883 e. The summed E-state index contributed by atoms with van der Waals surface area (Å²) in [4.78, 5) is 4.32. The third-order valence-electron chi connectivity index (χ3n) is 2.44. The van der Waals surface area contributed by atoms with E-state index in [0.29, 0.717) is 5.92 Å². The average Bonchev–Trinajstić information content (AvgIpc) is 2.45. The van der Waals surface area contributed by atoms with Gasteiger partial charge >= 0.3 is 0 Å². The van der Waals surface area contributed by atoms with Crippen LogP contribution in [0.3, 0.4) is 0 Å². The van der Waals surface area contributed by atoms with Gasteiger partial charge in [-0.3, -0.25) is 4.98 Å². The van der Waals surface area contributed by atoms with Crippen molar-refractivity contribution in [1.82, 2.24) is 9.55 Å². The molecule has 2 nitrogen and oxygen atoms in total. The van der Waals surface area contributed by atoms with Gasteiger partial charge in [-0.05, 0) is 24.1 Å². The molecule has 2 heteroatoms. The molecular formula is C11H14N2. The first-order chi connectivity index (χ1) is 6.20. The lowest BCUT2D eigenvalue weighted by Gasteiger charge is -2.06. The van der Waals surface area contributed by atoms with Crippen LogP contribution in [0.5, 0.6) is 0 Å². The van der Waals surface area contributed by atoms with Crippen molar-refractivity contribution in [2.75, 3.05) is 0 Å². The predicted molar refractivity (Wildman–Crippen MR) is 54.8 cm³/mol. The SMILES string of the molecule is CC(C)c1cc2ncccc2n1C. The molecule has 0 aliphatic rings. The van der Waals surface area contributed by atoms with Crippen molar-refractivity contribution < 1.29 is 0 Å². The third kappa shape index (κ3) is 1.22. The Kier molecular flexibility index (Phi) is 1.83. The van der Waals surface area contributed by atoms with E-state index < -0.39 is 0 Å². The van der Waals surface area contributed by atoms with E-state index in [1.165, 1.54) is 11.2 Å². The van der Waals surface area contributed by atoms with Crippen LogP contribution in [-0.2, 0) is 7.05 Å². The van der Waals surface area contributed by atoms with Gasteiger partial charge in [-0.1, -0.05) is 13.8 Å². The molecule has 0 bridgehead atoms. The molecule has 0 fully saturated rings. The highest BCUT2D eigenvalue weighted by molar-refractivity contribution is 5.76. The molecule has 0 unspecified atom stereocenters. The van der Waals surface area contributed by atoms with Crippen LogP contribution in [0, 0.1) is 0 Å². The molecule has 0 radical (unpaired) electrons. The highest BCUT2D eigenvalue weighted by atomic mass is 15.0. The van der Waals surface area contributed by atoms with Crippen LogP contribution in [0.2, 0.25) is 0 Å². The van der Waals surface area contributed by atoms with E-state index in [0.717, 1.165) is 5.52 Å². The topological polar surface area (TPSA) is 17.8 Å². The van der Waals surface area contributed by atoms with Gasteiger partial charge < -0.3 is 4.57 Å². The lowest BCUT2D eigenvalue weighted by molar-refractivity contribution is 0.755. The summed E-state index contributed by atoms with van der Waals surface area (Å²) in [6, 6.07) is 6.25. The largest absolute Gasteiger partial charge is 0.346 e. The van der Waals surface area contributed by atoms with Gasteiger partial charge in [0.1, 0.15) is 0 Å². The zero-order chi connectivity index (χ0) is 9.42. The normalized spacial score (nSPS) is 11.4. The van der Waals surface area contributed by atoms with E-state index in [9.17, 15) is 0 Å². The lowest BCUT2D eigenvalue weighted by Crippen LogP contribution is -1.97. The second-order valence-corrected chi connectivity index (χ2v) is 3.69. The molecule has 2 heterocycles. The van der Waals surface area contributed by atoms with Gasteiger partial charge in [-0.2, -0.15) is 0 Å². The molecular weight excluding hydrogens is 160 g/mol. The summed E-state index contributed by atoms with van der Waals surface area (Å²) in [7, 11) is 2.10. The number of nitrogens with zero attached hydrogens (tertiary/aromatic N) is 2. The molecule has 0 aromatic carbocycles. The van der Waals surface area contributed by atoms with Crippen molar-refractivity contribution in [3.8, 4) is 0 Å². The van der Waals surface area contributed by atoms with E-state index in [1.807, 2.05) is 12.3 Å². The molecule has 0 saturated carbocycles. The predicted octanol–water partition coefficient (Wildman–Crippen LogP) is 2.70. The maximum atomic E-state index is 4.32. The molecule has 13 heavy (non-hydrogen) atoms. The summed E-state index contributed by atoms with van der Waals surface area (Å²) in [6.07, 6.45) is 1.84. The van der Waals surface area contributed by atoms with Gasteiger partial charge in [-0.15, -0.1) is 0 Å². The Morgan fingerprint density at radius 3 is 2.77 bits per heavy atom. The first-order valence-corrected chi connectivity index (χ1v) is 4.60. The van der Waals surface area contributed by atoms with Crippen LogP contribution >= 0.6 is 0 Å². The summed E-state index contributed by atoms with van der Waals surface area (Å²) in [5, 5.41) is 0. The number of fused-ring (bicyclic) bond motifs is 1. The fraction of sp³-hybridized carbons (Fsp3) is 0.364. The number of aromatic nitrogens is 2. The van der Waals surface area contributed by atoms with Crippen molar-refractivity contribution in [2.45, 2.75) is 19.8 Å². The Bertz CT molecular complexity index is 427. The Hall–Kier alpha value is -1.31. The summed E-state index contributed by atoms with van der Waals surface area (Å²) >= 11 is 0. The van der Waals surface area contributed by atoms with Gasteiger partial charge in [0.2, 0.25) is 0 Å². The number of hydrogen-bond acceptors (Lipinski definition) is 1. The van der Waals surface area contributed by atoms with Gasteiger partial charge in [0, 0.05) is 18.9 Å². The first-order valence-electron chi connectivity index (χ1n) is 4.60. The minimum atomic E-state index is 0.555. The molecule has 68 valence electrons. The Morgan fingerprint density at radius 1 is 1.38 bits per heavy atom. The quantitative estimate of drug-likeness (QED) is 0.650. The van der Waals surface area contributed by atoms with E-state index in [1.54, 1.807) is 0 Å². The van der Waals surface area contributed by atoms with Gasteiger partial charge in [-0.25, -0.2) is 0 Å². The van der Waals surface area contributed by atoms with Crippen LogP contribution in [0.25, 0.3) is 11.0 Å². The highest BCUT2D eigenvalue weighted by Gasteiger charge is 2.08. The lowest BCUT2D eigenvalue weighted by atomic mass is 10.1. The molecule has 0 aliphatic heterocycles. The van der Waals surface area contributed by atoms with Crippen LogP contribution in [-0.4, -0.2) is 9.55 Å². The minimum absolute atomic E-state index is 0.555. The highest BCUT2D eigenvalue weighted by Crippen LogP contribution is 2.21. The number of hydrogen-bond donors (Lipinski definition) is 0. The van der Waals surface area contributed by atoms with Gasteiger partial charge in [0.25, 0.3) is 0 Å². The molecule has 0 atom stereocenters. The summed E-state index contributed by atoms with van der Waals surface area (Å²) in [5.74, 6) is 0.555. The zero-order valence-electron chi connectivity index (χ0n) is 8.28. The monoisotopic (exact) mass is 174 g/mol. The molecule has 2 rings (SSSR count). The van der Waals surface area contributed by atoms with Gasteiger partial charge in [0.15, 0.2) is 0 Å². The molecule has 0 saturated heterocycles. The Morgan fingerprint density at radius 2 is 2.15 bits per heavy atom. The van der Waals surface area contributed by atoms with E-state index >= 15 is 0 Å². The van der Waals surface area contributed by atoms with Crippen LogP contribution in [0.1, 0.15) is 25.5 Å². The summed E-state index contributed by atoms with van der Waals surface area (Å²) < 4.78 is 2.22. The summed E-state index contributed by atoms with van der Waals surface area (Å²) in [6.45, 7) is 4.41. The second kappa shape index (κ2) is 2.87. The molecule has 0 amide bonds. The molecule has 2 aromatic rings. The Balaban J connectivity index is 2.74. The van der Waals surface area contributed by atoms with E-state index in [-0.39, 0.29) is 0 Å². The molecule has 0 aliphatic carbocycles. The zero-order valence-corrected chi connectivity index (χ0v) is 8.28.